The monoisotopic (exact) mass is 232 g/mol. The fourth-order valence-electron chi connectivity index (χ4n) is 1.45. The maximum atomic E-state index is 11.1. The Morgan fingerprint density at radius 3 is 1.75 bits per heavy atom. The standard InChI is InChI=1S/C10H16O6/c1-5(7(11)12)4-10(3,9(15)16)6(2)8(13)14/h5-6H,4H2,1-3H3,(H,11,12)(H,13,14)(H,15,16)/t5-,6-,10-/m1/s1. The average molecular weight is 232 g/mol. The van der Waals surface area contributed by atoms with Crippen LogP contribution in [0.4, 0.5) is 0 Å². The first-order valence-electron chi connectivity index (χ1n) is 4.82. The van der Waals surface area contributed by atoms with Crippen LogP contribution in [-0.4, -0.2) is 33.2 Å². The summed E-state index contributed by atoms with van der Waals surface area (Å²) in [6, 6.07) is 0. The molecule has 0 amide bonds. The van der Waals surface area contributed by atoms with Gasteiger partial charge in [0, 0.05) is 0 Å². The van der Waals surface area contributed by atoms with Gasteiger partial charge in [0.15, 0.2) is 0 Å². The van der Waals surface area contributed by atoms with Gasteiger partial charge in [-0.3, -0.25) is 14.4 Å². The van der Waals surface area contributed by atoms with Crippen LogP contribution in [-0.2, 0) is 14.4 Å². The summed E-state index contributed by atoms with van der Waals surface area (Å²) in [5, 5.41) is 26.5. The van der Waals surface area contributed by atoms with Crippen molar-refractivity contribution in [2.75, 3.05) is 0 Å². The van der Waals surface area contributed by atoms with Crippen molar-refractivity contribution < 1.29 is 29.7 Å². The highest BCUT2D eigenvalue weighted by Crippen LogP contribution is 2.35. The van der Waals surface area contributed by atoms with E-state index < -0.39 is 35.2 Å². The van der Waals surface area contributed by atoms with Gasteiger partial charge in [0.2, 0.25) is 0 Å². The van der Waals surface area contributed by atoms with E-state index >= 15 is 0 Å². The second-order valence-corrected chi connectivity index (χ2v) is 4.23. The summed E-state index contributed by atoms with van der Waals surface area (Å²) >= 11 is 0. The molecule has 0 aliphatic rings. The molecule has 0 saturated carbocycles. The number of carboxylic acids is 3. The largest absolute Gasteiger partial charge is 0.481 e. The number of rotatable bonds is 6. The van der Waals surface area contributed by atoms with Crippen LogP contribution in [0.1, 0.15) is 27.2 Å². The third kappa shape index (κ3) is 2.95. The third-order valence-corrected chi connectivity index (χ3v) is 2.97. The molecule has 3 N–H and O–H groups in total. The fraction of sp³-hybridized carbons (Fsp3) is 0.700. The van der Waals surface area contributed by atoms with Crippen LogP contribution < -0.4 is 0 Å². The average Bonchev–Trinajstić information content (AvgIpc) is 2.15. The Balaban J connectivity index is 5.05. The lowest BCUT2D eigenvalue weighted by molar-refractivity contribution is -0.163. The number of hydrogen-bond donors (Lipinski definition) is 3. The van der Waals surface area contributed by atoms with E-state index in [9.17, 15) is 14.4 Å². The van der Waals surface area contributed by atoms with E-state index in [0.29, 0.717) is 0 Å². The maximum absolute atomic E-state index is 11.1. The topological polar surface area (TPSA) is 112 Å². The van der Waals surface area contributed by atoms with Gasteiger partial charge in [-0.05, 0) is 13.3 Å². The lowest BCUT2D eigenvalue weighted by atomic mass is 9.72. The van der Waals surface area contributed by atoms with E-state index in [2.05, 4.69) is 0 Å². The third-order valence-electron chi connectivity index (χ3n) is 2.97. The highest BCUT2D eigenvalue weighted by molar-refractivity contribution is 5.83. The smallest absolute Gasteiger partial charge is 0.310 e. The molecule has 0 aliphatic heterocycles. The Morgan fingerprint density at radius 1 is 1.06 bits per heavy atom. The van der Waals surface area contributed by atoms with Crippen LogP contribution in [0.5, 0.6) is 0 Å². The van der Waals surface area contributed by atoms with Crippen molar-refractivity contribution in [2.24, 2.45) is 17.3 Å². The molecule has 6 heteroatoms. The lowest BCUT2D eigenvalue weighted by Crippen LogP contribution is -2.41. The van der Waals surface area contributed by atoms with Gasteiger partial charge in [0.1, 0.15) is 0 Å². The van der Waals surface area contributed by atoms with Crippen molar-refractivity contribution in [1.29, 1.82) is 0 Å². The van der Waals surface area contributed by atoms with Crippen molar-refractivity contribution in [3.8, 4) is 0 Å². The predicted octanol–water partition coefficient (Wildman–Crippen LogP) is 0.909. The minimum absolute atomic E-state index is 0.217. The zero-order chi connectivity index (χ0) is 13.1. The van der Waals surface area contributed by atoms with Gasteiger partial charge in [-0.1, -0.05) is 13.8 Å². The fourth-order valence-corrected chi connectivity index (χ4v) is 1.45. The van der Waals surface area contributed by atoms with Crippen LogP contribution >= 0.6 is 0 Å². The first kappa shape index (κ1) is 14.4. The lowest BCUT2D eigenvalue weighted by Gasteiger charge is -2.30. The van der Waals surface area contributed by atoms with Crippen LogP contribution in [0, 0.1) is 17.3 Å². The molecule has 0 heterocycles. The van der Waals surface area contributed by atoms with Crippen LogP contribution in [0.2, 0.25) is 0 Å². The number of carboxylic acid groups (broad SMARTS) is 3. The molecule has 0 aromatic carbocycles. The summed E-state index contributed by atoms with van der Waals surface area (Å²) in [5.41, 5.74) is -1.58. The molecular formula is C10H16O6. The number of aliphatic carboxylic acids is 3. The second kappa shape index (κ2) is 4.96. The predicted molar refractivity (Wildman–Crippen MR) is 54.0 cm³/mol. The number of carbonyl (C=O) groups is 3. The Labute approximate surface area is 92.9 Å². The van der Waals surface area contributed by atoms with E-state index in [1.807, 2.05) is 0 Å². The molecule has 0 fully saturated rings. The Hall–Kier alpha value is -1.59. The van der Waals surface area contributed by atoms with Crippen molar-refractivity contribution >= 4 is 17.9 Å². The van der Waals surface area contributed by atoms with Gasteiger partial charge >= 0.3 is 17.9 Å². The van der Waals surface area contributed by atoms with Crippen molar-refractivity contribution in [2.45, 2.75) is 27.2 Å². The van der Waals surface area contributed by atoms with Gasteiger partial charge in [-0.15, -0.1) is 0 Å². The quantitative estimate of drug-likeness (QED) is 0.627. The van der Waals surface area contributed by atoms with E-state index in [0.717, 1.165) is 0 Å². The first-order chi connectivity index (χ1) is 7.12. The molecule has 16 heavy (non-hydrogen) atoms. The molecule has 0 radical (unpaired) electrons. The normalized spacial score (nSPS) is 18.2. The van der Waals surface area contributed by atoms with Gasteiger partial charge in [-0.25, -0.2) is 0 Å². The number of hydrogen-bond acceptors (Lipinski definition) is 3. The Kier molecular flexibility index (Phi) is 4.47. The molecular weight excluding hydrogens is 216 g/mol. The summed E-state index contributed by atoms with van der Waals surface area (Å²) in [5.74, 6) is -5.72. The highest BCUT2D eigenvalue weighted by atomic mass is 16.4. The first-order valence-corrected chi connectivity index (χ1v) is 4.82. The van der Waals surface area contributed by atoms with Crippen molar-refractivity contribution in [3.05, 3.63) is 0 Å². The van der Waals surface area contributed by atoms with Crippen LogP contribution in [0.15, 0.2) is 0 Å². The van der Waals surface area contributed by atoms with E-state index in [-0.39, 0.29) is 6.42 Å². The molecule has 0 saturated heterocycles. The molecule has 0 bridgehead atoms. The summed E-state index contributed by atoms with van der Waals surface area (Å²) < 4.78 is 0. The summed E-state index contributed by atoms with van der Waals surface area (Å²) in [6.07, 6.45) is -0.217. The van der Waals surface area contributed by atoms with Gasteiger partial charge in [0.05, 0.1) is 17.3 Å². The molecule has 6 nitrogen and oxygen atoms in total. The molecule has 0 unspecified atom stereocenters. The van der Waals surface area contributed by atoms with Crippen LogP contribution in [0.3, 0.4) is 0 Å². The summed E-state index contributed by atoms with van der Waals surface area (Å²) in [7, 11) is 0. The van der Waals surface area contributed by atoms with Crippen molar-refractivity contribution in [3.63, 3.8) is 0 Å². The van der Waals surface area contributed by atoms with Crippen molar-refractivity contribution in [1.82, 2.24) is 0 Å². The minimum atomic E-state index is -1.58. The van der Waals surface area contributed by atoms with Gasteiger partial charge < -0.3 is 15.3 Å². The van der Waals surface area contributed by atoms with Gasteiger partial charge in [-0.2, -0.15) is 0 Å². The molecule has 0 rings (SSSR count). The SMILES string of the molecule is C[C@H](C[C@@](C)(C(=O)O)[C@H](C)C(=O)O)C(=O)O. The van der Waals surface area contributed by atoms with E-state index in [1.54, 1.807) is 0 Å². The maximum Gasteiger partial charge on any atom is 0.310 e. The minimum Gasteiger partial charge on any atom is -0.481 e. The van der Waals surface area contributed by atoms with E-state index in [4.69, 9.17) is 15.3 Å². The van der Waals surface area contributed by atoms with E-state index in [1.165, 1.54) is 20.8 Å². The molecule has 0 aromatic heterocycles. The Bertz CT molecular complexity index is 310. The molecule has 0 aliphatic carbocycles. The summed E-state index contributed by atoms with van der Waals surface area (Å²) in [6.45, 7) is 3.89. The van der Waals surface area contributed by atoms with Crippen LogP contribution in [0.25, 0.3) is 0 Å². The Morgan fingerprint density at radius 2 is 1.50 bits per heavy atom. The molecule has 0 spiro atoms. The van der Waals surface area contributed by atoms with Gasteiger partial charge in [0.25, 0.3) is 0 Å². The zero-order valence-electron chi connectivity index (χ0n) is 9.43. The molecule has 3 atom stereocenters. The summed E-state index contributed by atoms with van der Waals surface area (Å²) in [4.78, 5) is 32.5. The molecule has 92 valence electrons. The second-order valence-electron chi connectivity index (χ2n) is 4.23. The highest BCUT2D eigenvalue weighted by Gasteiger charge is 2.44. The molecule has 0 aromatic rings. The zero-order valence-corrected chi connectivity index (χ0v) is 9.43.